The maximum absolute atomic E-state index is 13.6. The number of hydrogen-bond acceptors (Lipinski definition) is 8. The van der Waals surface area contributed by atoms with Gasteiger partial charge in [0.1, 0.15) is 23.8 Å². The van der Waals surface area contributed by atoms with E-state index in [2.05, 4.69) is 5.32 Å². The van der Waals surface area contributed by atoms with Gasteiger partial charge in [0.25, 0.3) is 15.7 Å². The second-order valence-electron chi connectivity index (χ2n) is 6.63. The number of furan rings is 1. The third-order valence-electron chi connectivity index (χ3n) is 4.61. The number of anilines is 1. The lowest BCUT2D eigenvalue weighted by Gasteiger charge is -2.25. The van der Waals surface area contributed by atoms with Gasteiger partial charge in [0, 0.05) is 12.1 Å². The zero-order chi connectivity index (χ0) is 24.0. The molecule has 0 aliphatic rings. The second kappa shape index (κ2) is 10.0. The summed E-state index contributed by atoms with van der Waals surface area (Å²) in [5, 5.41) is 14.0. The molecule has 1 amide bonds. The molecular formula is C21H21N3O8S. The van der Waals surface area contributed by atoms with Gasteiger partial charge in [-0.3, -0.25) is 19.2 Å². The van der Waals surface area contributed by atoms with Crippen LogP contribution in [0.25, 0.3) is 0 Å². The third kappa shape index (κ3) is 5.23. The minimum Gasteiger partial charge on any atom is -0.497 e. The summed E-state index contributed by atoms with van der Waals surface area (Å²) in [6.07, 6.45) is 1.44. The molecule has 0 unspecified atom stereocenters. The molecule has 3 rings (SSSR count). The molecule has 0 fully saturated rings. The monoisotopic (exact) mass is 475 g/mol. The van der Waals surface area contributed by atoms with Crippen LogP contribution in [0, 0.1) is 10.1 Å². The number of amides is 1. The number of ether oxygens (including phenoxy) is 2. The van der Waals surface area contributed by atoms with Crippen LogP contribution in [0.4, 0.5) is 11.4 Å². The number of rotatable bonds is 10. The van der Waals surface area contributed by atoms with Crippen molar-refractivity contribution >= 4 is 27.3 Å². The smallest absolute Gasteiger partial charge is 0.289 e. The molecule has 1 heterocycles. The topological polar surface area (TPSA) is 141 Å². The fourth-order valence-electron chi connectivity index (χ4n) is 3.02. The van der Waals surface area contributed by atoms with Crippen LogP contribution in [0.1, 0.15) is 5.76 Å². The highest BCUT2D eigenvalue weighted by molar-refractivity contribution is 7.93. The van der Waals surface area contributed by atoms with E-state index in [9.17, 15) is 23.3 Å². The first-order valence-electron chi connectivity index (χ1n) is 9.55. The van der Waals surface area contributed by atoms with Crippen molar-refractivity contribution in [1.29, 1.82) is 0 Å². The van der Waals surface area contributed by atoms with Crippen LogP contribution >= 0.6 is 0 Å². The second-order valence-corrected chi connectivity index (χ2v) is 8.46. The normalized spacial score (nSPS) is 11.0. The molecule has 11 nitrogen and oxygen atoms in total. The number of methoxy groups -OCH3 is 2. The van der Waals surface area contributed by atoms with Crippen LogP contribution in [0.5, 0.6) is 11.5 Å². The summed E-state index contributed by atoms with van der Waals surface area (Å²) in [6.45, 7) is -0.636. The van der Waals surface area contributed by atoms with Gasteiger partial charge in [0.2, 0.25) is 5.91 Å². The molecular weight excluding hydrogens is 454 g/mol. The Balaban J connectivity index is 2.05. The molecule has 1 N–H and O–H groups in total. The number of nitro benzene ring substituents is 1. The van der Waals surface area contributed by atoms with Gasteiger partial charge in [-0.25, -0.2) is 8.42 Å². The number of hydrogen-bond donors (Lipinski definition) is 1. The molecule has 174 valence electrons. The SMILES string of the molecule is COc1ccc(N(CC(=O)NCc2ccco2)S(=O)(=O)c2ccccc2[N+](=O)[O-])c(OC)c1. The van der Waals surface area contributed by atoms with Crippen molar-refractivity contribution in [3.63, 3.8) is 0 Å². The molecule has 33 heavy (non-hydrogen) atoms. The zero-order valence-corrected chi connectivity index (χ0v) is 18.6. The summed E-state index contributed by atoms with van der Waals surface area (Å²) in [7, 11) is -1.81. The molecule has 0 radical (unpaired) electrons. The Labute approximate surface area is 189 Å². The average Bonchev–Trinajstić information content (AvgIpc) is 3.34. The third-order valence-corrected chi connectivity index (χ3v) is 6.42. The maximum atomic E-state index is 13.6. The summed E-state index contributed by atoms with van der Waals surface area (Å²) < 4.78 is 43.5. The summed E-state index contributed by atoms with van der Waals surface area (Å²) in [6, 6.07) is 12.5. The van der Waals surface area contributed by atoms with Crippen LogP contribution in [0.3, 0.4) is 0 Å². The molecule has 1 aromatic heterocycles. The van der Waals surface area contributed by atoms with Crippen molar-refractivity contribution in [2.75, 3.05) is 25.1 Å². The average molecular weight is 475 g/mol. The number of benzene rings is 2. The van der Waals surface area contributed by atoms with Crippen molar-refractivity contribution in [2.45, 2.75) is 11.4 Å². The minimum absolute atomic E-state index is 0.00426. The number of nitro groups is 1. The van der Waals surface area contributed by atoms with Gasteiger partial charge >= 0.3 is 0 Å². The standard InChI is InChI=1S/C21H21N3O8S/c1-30-15-9-10-17(19(12-15)31-2)23(14-21(25)22-13-16-6-5-11-32-16)33(28,29)20-8-4-3-7-18(20)24(26)27/h3-12H,13-14H2,1-2H3,(H,22,25). The van der Waals surface area contributed by atoms with Gasteiger partial charge in [0.15, 0.2) is 4.90 Å². The Kier molecular flexibility index (Phi) is 7.18. The number of nitrogens with one attached hydrogen (secondary N) is 1. The van der Waals surface area contributed by atoms with Gasteiger partial charge in [-0.05, 0) is 30.3 Å². The van der Waals surface area contributed by atoms with E-state index in [-0.39, 0.29) is 18.0 Å². The fraction of sp³-hybridized carbons (Fsp3) is 0.190. The summed E-state index contributed by atoms with van der Waals surface area (Å²) >= 11 is 0. The first kappa shape index (κ1) is 23.6. The van der Waals surface area contributed by atoms with E-state index < -0.39 is 38.0 Å². The predicted octanol–water partition coefficient (Wildman–Crippen LogP) is 2.72. The molecule has 2 aromatic carbocycles. The fourth-order valence-corrected chi connectivity index (χ4v) is 4.61. The molecule has 0 saturated carbocycles. The zero-order valence-electron chi connectivity index (χ0n) is 17.8. The quantitative estimate of drug-likeness (QED) is 0.348. The van der Waals surface area contributed by atoms with Crippen molar-refractivity contribution in [3.05, 3.63) is 76.7 Å². The van der Waals surface area contributed by atoms with Gasteiger partial charge in [-0.2, -0.15) is 0 Å². The minimum atomic E-state index is -4.56. The Hall–Kier alpha value is -4.06. The lowest BCUT2D eigenvalue weighted by atomic mass is 10.2. The van der Waals surface area contributed by atoms with E-state index in [1.165, 1.54) is 50.8 Å². The van der Waals surface area contributed by atoms with Crippen LogP contribution in [-0.4, -0.2) is 40.0 Å². The Bertz CT molecular complexity index is 1240. The number of nitrogens with zero attached hydrogens (tertiary/aromatic N) is 2. The van der Waals surface area contributed by atoms with Crippen LogP contribution in [0.2, 0.25) is 0 Å². The first-order valence-corrected chi connectivity index (χ1v) is 11.0. The highest BCUT2D eigenvalue weighted by atomic mass is 32.2. The van der Waals surface area contributed by atoms with E-state index in [1.54, 1.807) is 12.1 Å². The van der Waals surface area contributed by atoms with Crippen LogP contribution in [0.15, 0.2) is 70.2 Å². The Morgan fingerprint density at radius 1 is 1.12 bits per heavy atom. The lowest BCUT2D eigenvalue weighted by Crippen LogP contribution is -2.41. The largest absolute Gasteiger partial charge is 0.497 e. The van der Waals surface area contributed by atoms with Crippen LogP contribution in [-0.2, 0) is 21.4 Å². The molecule has 0 aliphatic heterocycles. The molecule has 0 spiro atoms. The highest BCUT2D eigenvalue weighted by Gasteiger charge is 2.34. The van der Waals surface area contributed by atoms with Crippen LogP contribution < -0.4 is 19.1 Å². The number of carbonyl (C=O) groups excluding carboxylic acids is 1. The van der Waals surface area contributed by atoms with Gasteiger partial charge < -0.3 is 19.2 Å². The van der Waals surface area contributed by atoms with Crippen molar-refractivity contribution < 1.29 is 32.0 Å². The number of para-hydroxylation sites is 1. The molecule has 12 heteroatoms. The van der Waals surface area contributed by atoms with Gasteiger partial charge in [-0.1, -0.05) is 12.1 Å². The predicted molar refractivity (Wildman–Crippen MR) is 118 cm³/mol. The van der Waals surface area contributed by atoms with Crippen molar-refractivity contribution in [3.8, 4) is 11.5 Å². The molecule has 3 aromatic rings. The van der Waals surface area contributed by atoms with Gasteiger partial charge in [0.05, 0.1) is 37.6 Å². The van der Waals surface area contributed by atoms with Gasteiger partial charge in [-0.15, -0.1) is 0 Å². The van der Waals surface area contributed by atoms with E-state index in [1.807, 2.05) is 0 Å². The summed E-state index contributed by atoms with van der Waals surface area (Å²) in [4.78, 5) is 22.8. The molecule has 0 atom stereocenters. The van der Waals surface area contributed by atoms with E-state index >= 15 is 0 Å². The molecule has 0 saturated heterocycles. The first-order chi connectivity index (χ1) is 15.8. The summed E-state index contributed by atoms with van der Waals surface area (Å²) in [5.41, 5.74) is -0.615. The van der Waals surface area contributed by atoms with E-state index in [0.717, 1.165) is 16.4 Å². The molecule has 0 bridgehead atoms. The lowest BCUT2D eigenvalue weighted by molar-refractivity contribution is -0.387. The Morgan fingerprint density at radius 3 is 2.52 bits per heavy atom. The molecule has 0 aliphatic carbocycles. The van der Waals surface area contributed by atoms with E-state index in [0.29, 0.717) is 11.5 Å². The summed E-state index contributed by atoms with van der Waals surface area (Å²) in [5.74, 6) is 0.293. The van der Waals surface area contributed by atoms with E-state index in [4.69, 9.17) is 13.9 Å². The Morgan fingerprint density at radius 2 is 1.88 bits per heavy atom. The maximum Gasteiger partial charge on any atom is 0.289 e. The van der Waals surface area contributed by atoms with Crippen molar-refractivity contribution in [2.24, 2.45) is 0 Å². The number of sulfonamides is 1. The highest BCUT2D eigenvalue weighted by Crippen LogP contribution is 2.37. The van der Waals surface area contributed by atoms with Crippen molar-refractivity contribution in [1.82, 2.24) is 5.32 Å². The number of carbonyl (C=O) groups is 1.